The number of rotatable bonds is 7. The van der Waals surface area contributed by atoms with Crippen LogP contribution in [-0.4, -0.2) is 32.0 Å². The van der Waals surface area contributed by atoms with Gasteiger partial charge in [0.2, 0.25) is 5.91 Å². The largest absolute Gasteiger partial charge is 0.352 e. The first-order chi connectivity index (χ1) is 18.2. The number of thiocarbonyl (C=S) groups is 1. The molecule has 2 fully saturated rings. The van der Waals surface area contributed by atoms with E-state index >= 15 is 0 Å². The van der Waals surface area contributed by atoms with Gasteiger partial charge in [0, 0.05) is 48.7 Å². The van der Waals surface area contributed by atoms with Gasteiger partial charge < -0.3 is 20.1 Å². The minimum atomic E-state index is -0.0748. The van der Waals surface area contributed by atoms with E-state index in [-0.39, 0.29) is 18.0 Å². The number of carbonyl (C=O) groups excluding carboxylic acids is 1. The van der Waals surface area contributed by atoms with Crippen molar-refractivity contribution in [3.8, 4) is 0 Å². The molecule has 6 nitrogen and oxygen atoms in total. The number of carbonyl (C=O) groups is 1. The van der Waals surface area contributed by atoms with Gasteiger partial charge in [-0.25, -0.2) is 0 Å². The van der Waals surface area contributed by atoms with Crippen LogP contribution >= 0.6 is 12.2 Å². The Morgan fingerprint density at radius 3 is 2.68 bits per heavy atom. The molecule has 0 spiro atoms. The molecule has 6 rings (SSSR count). The fourth-order valence-corrected chi connectivity index (χ4v) is 6.15. The molecule has 3 heterocycles. The Morgan fingerprint density at radius 1 is 1.03 bits per heavy atom. The highest BCUT2D eigenvalue weighted by Gasteiger charge is 2.40. The number of nitrogens with one attached hydrogen (secondary N) is 2. The molecular formula is C30H31N5OS. The van der Waals surface area contributed by atoms with Crippen molar-refractivity contribution in [3.05, 3.63) is 96.6 Å². The number of hydrogen-bond donors (Lipinski definition) is 2. The van der Waals surface area contributed by atoms with Crippen LogP contribution in [0.5, 0.6) is 0 Å². The number of fused-ring (bicyclic) bond motifs is 1. The molecule has 2 unspecified atom stereocenters. The highest BCUT2D eigenvalue weighted by molar-refractivity contribution is 7.80. The minimum absolute atomic E-state index is 0.0253. The first-order valence-corrected chi connectivity index (χ1v) is 13.5. The fourth-order valence-electron chi connectivity index (χ4n) is 5.81. The van der Waals surface area contributed by atoms with Gasteiger partial charge in [0.05, 0.1) is 17.8 Å². The van der Waals surface area contributed by atoms with E-state index in [0.29, 0.717) is 24.1 Å². The van der Waals surface area contributed by atoms with E-state index in [1.165, 1.54) is 31.2 Å². The molecular weight excluding hydrogens is 478 g/mol. The molecule has 37 heavy (non-hydrogen) atoms. The number of benzene rings is 2. The summed E-state index contributed by atoms with van der Waals surface area (Å²) in [6.07, 6.45) is 11.7. The van der Waals surface area contributed by atoms with Gasteiger partial charge in [0.15, 0.2) is 5.11 Å². The molecule has 1 aliphatic carbocycles. The lowest BCUT2D eigenvalue weighted by atomic mass is 9.99. The molecule has 1 saturated heterocycles. The van der Waals surface area contributed by atoms with Crippen LogP contribution in [0.2, 0.25) is 0 Å². The van der Waals surface area contributed by atoms with E-state index in [9.17, 15) is 4.79 Å². The van der Waals surface area contributed by atoms with Crippen molar-refractivity contribution in [1.82, 2.24) is 19.8 Å². The van der Waals surface area contributed by atoms with Gasteiger partial charge in [-0.15, -0.1) is 0 Å². The molecule has 7 heteroatoms. The van der Waals surface area contributed by atoms with Gasteiger partial charge >= 0.3 is 0 Å². The van der Waals surface area contributed by atoms with Gasteiger partial charge in [-0.2, -0.15) is 0 Å². The topological polar surface area (TPSA) is 62.2 Å². The van der Waals surface area contributed by atoms with E-state index in [0.717, 1.165) is 22.2 Å². The van der Waals surface area contributed by atoms with Crippen molar-refractivity contribution in [2.45, 2.75) is 50.2 Å². The molecule has 1 saturated carbocycles. The SMILES string of the molecule is O=C(CCN1C(=S)NC(c2ccccn2)C1c1ccn(C2CCCC2)c1)Nc1cccc2ccccc12. The summed E-state index contributed by atoms with van der Waals surface area (Å²) in [6, 6.07) is 22.7. The van der Waals surface area contributed by atoms with E-state index in [1.54, 1.807) is 0 Å². The van der Waals surface area contributed by atoms with E-state index < -0.39 is 0 Å². The van der Waals surface area contributed by atoms with Crippen LogP contribution in [0.25, 0.3) is 10.8 Å². The maximum atomic E-state index is 13.1. The number of aromatic nitrogens is 2. The number of anilines is 1. The third-order valence-corrected chi connectivity index (χ3v) is 8.02. The Kier molecular flexibility index (Phi) is 6.62. The molecule has 1 aliphatic heterocycles. The lowest BCUT2D eigenvalue weighted by Gasteiger charge is -2.27. The average molecular weight is 510 g/mol. The van der Waals surface area contributed by atoms with Crippen LogP contribution in [0.15, 0.2) is 85.3 Å². The first kappa shape index (κ1) is 23.7. The number of hydrogen-bond acceptors (Lipinski definition) is 3. The Balaban J connectivity index is 1.23. The van der Waals surface area contributed by atoms with Crippen molar-refractivity contribution < 1.29 is 4.79 Å². The maximum absolute atomic E-state index is 13.1. The van der Waals surface area contributed by atoms with Gasteiger partial charge in [0.25, 0.3) is 0 Å². The van der Waals surface area contributed by atoms with E-state index in [4.69, 9.17) is 12.2 Å². The lowest BCUT2D eigenvalue weighted by Crippen LogP contribution is -2.32. The van der Waals surface area contributed by atoms with Crippen LogP contribution in [-0.2, 0) is 4.79 Å². The zero-order chi connectivity index (χ0) is 25.2. The molecule has 188 valence electrons. The van der Waals surface area contributed by atoms with Gasteiger partial charge in [-0.3, -0.25) is 9.78 Å². The summed E-state index contributed by atoms with van der Waals surface area (Å²) < 4.78 is 2.37. The smallest absolute Gasteiger partial charge is 0.226 e. The Morgan fingerprint density at radius 2 is 1.84 bits per heavy atom. The zero-order valence-electron chi connectivity index (χ0n) is 20.7. The second-order valence-corrected chi connectivity index (χ2v) is 10.4. The molecule has 2 aromatic heterocycles. The van der Waals surface area contributed by atoms with Crippen molar-refractivity contribution in [2.24, 2.45) is 0 Å². The van der Waals surface area contributed by atoms with Crippen LogP contribution in [0.3, 0.4) is 0 Å². The number of amides is 1. The molecule has 0 radical (unpaired) electrons. The average Bonchev–Trinajstić information content (AvgIpc) is 3.68. The van der Waals surface area contributed by atoms with Crippen molar-refractivity contribution >= 4 is 39.7 Å². The first-order valence-electron chi connectivity index (χ1n) is 13.1. The molecule has 0 bridgehead atoms. The Hall–Kier alpha value is -3.71. The summed E-state index contributed by atoms with van der Waals surface area (Å²) in [6.45, 7) is 0.519. The molecule has 2 N–H and O–H groups in total. The summed E-state index contributed by atoms with van der Waals surface area (Å²) in [4.78, 5) is 19.9. The third-order valence-electron chi connectivity index (χ3n) is 7.67. The molecule has 2 aliphatic rings. The minimum Gasteiger partial charge on any atom is -0.352 e. The predicted molar refractivity (Wildman–Crippen MR) is 151 cm³/mol. The lowest BCUT2D eigenvalue weighted by molar-refractivity contribution is -0.116. The molecule has 2 aromatic carbocycles. The highest BCUT2D eigenvalue weighted by Crippen LogP contribution is 2.40. The molecule has 4 aromatic rings. The predicted octanol–water partition coefficient (Wildman–Crippen LogP) is 6.15. The quantitative estimate of drug-likeness (QED) is 0.293. The van der Waals surface area contributed by atoms with Crippen molar-refractivity contribution in [3.63, 3.8) is 0 Å². The van der Waals surface area contributed by atoms with Crippen molar-refractivity contribution in [2.75, 3.05) is 11.9 Å². The zero-order valence-corrected chi connectivity index (χ0v) is 21.5. The number of pyridine rings is 1. The van der Waals surface area contributed by atoms with Crippen LogP contribution < -0.4 is 10.6 Å². The second kappa shape index (κ2) is 10.3. The molecule has 1 amide bonds. The van der Waals surface area contributed by atoms with E-state index in [1.807, 2.05) is 54.7 Å². The van der Waals surface area contributed by atoms with Gasteiger partial charge in [-0.05, 0) is 60.3 Å². The Labute approximate surface area is 222 Å². The van der Waals surface area contributed by atoms with Crippen LogP contribution in [0.1, 0.15) is 61.5 Å². The standard InChI is InChI=1S/C30H31N5OS/c36-27(32-25-14-7-9-21-8-1-4-12-24(21)25)16-19-35-29(22-15-18-34(20-22)23-10-2-3-11-23)28(33-30(35)37)26-13-5-6-17-31-26/h1,4-9,12-15,17-18,20,23,28-29H,2-3,10-11,16,19H2,(H,32,36)(H,33,37). The van der Waals surface area contributed by atoms with E-state index in [2.05, 4.69) is 55.7 Å². The summed E-state index contributed by atoms with van der Waals surface area (Å²) >= 11 is 5.80. The second-order valence-electron chi connectivity index (χ2n) is 9.98. The Bertz CT molecular complexity index is 1410. The highest BCUT2D eigenvalue weighted by atomic mass is 32.1. The third kappa shape index (κ3) is 4.83. The summed E-state index contributed by atoms with van der Waals surface area (Å²) in [5, 5.41) is 9.42. The summed E-state index contributed by atoms with van der Waals surface area (Å²) in [5.74, 6) is -0.0253. The van der Waals surface area contributed by atoms with Gasteiger partial charge in [0.1, 0.15) is 0 Å². The summed E-state index contributed by atoms with van der Waals surface area (Å²) in [5.41, 5.74) is 2.98. The number of nitrogens with zero attached hydrogens (tertiary/aromatic N) is 3. The van der Waals surface area contributed by atoms with Crippen molar-refractivity contribution in [1.29, 1.82) is 0 Å². The maximum Gasteiger partial charge on any atom is 0.226 e. The van der Waals surface area contributed by atoms with Gasteiger partial charge in [-0.1, -0.05) is 55.3 Å². The summed E-state index contributed by atoms with van der Waals surface area (Å²) in [7, 11) is 0. The monoisotopic (exact) mass is 509 g/mol. The van der Waals surface area contributed by atoms with Crippen LogP contribution in [0, 0.1) is 0 Å². The normalized spacial score (nSPS) is 19.9. The molecule has 2 atom stereocenters. The van der Waals surface area contributed by atoms with Crippen LogP contribution in [0.4, 0.5) is 5.69 Å². The fraction of sp³-hybridized carbons (Fsp3) is 0.300.